The van der Waals surface area contributed by atoms with Gasteiger partial charge in [0.05, 0.1) is 11.9 Å². The van der Waals surface area contributed by atoms with Gasteiger partial charge >= 0.3 is 5.97 Å². The summed E-state index contributed by atoms with van der Waals surface area (Å²) in [4.78, 5) is 54.7. The molecule has 0 aliphatic carbocycles. The van der Waals surface area contributed by atoms with Crippen molar-refractivity contribution < 1.29 is 29.0 Å². The van der Waals surface area contributed by atoms with Crippen LogP contribution in [-0.4, -0.2) is 80.5 Å². The van der Waals surface area contributed by atoms with Crippen LogP contribution in [0.4, 0.5) is 0 Å². The van der Waals surface area contributed by atoms with Crippen molar-refractivity contribution in [1.29, 1.82) is 0 Å². The molecular formula is C27H39N3O6S. The zero-order chi connectivity index (χ0) is 27.5. The SMILES string of the molecule is CC(C)CNC(=O)CN(CC(C)C)C(=O)[C@@H](O)[C@@H]1C(=O)N2[C@@H]1SC(C)(C)[C@@H]2C(=O)OCc1ccccc1. The van der Waals surface area contributed by atoms with E-state index in [2.05, 4.69) is 5.32 Å². The lowest BCUT2D eigenvalue weighted by Crippen LogP contribution is -2.67. The predicted molar refractivity (Wildman–Crippen MR) is 141 cm³/mol. The normalized spacial score (nSPS) is 22.9. The number of esters is 1. The fraction of sp³-hybridized carbons (Fsp3) is 0.630. The van der Waals surface area contributed by atoms with Crippen LogP contribution >= 0.6 is 11.8 Å². The maximum Gasteiger partial charge on any atom is 0.330 e. The van der Waals surface area contributed by atoms with Crippen molar-refractivity contribution in [1.82, 2.24) is 15.1 Å². The van der Waals surface area contributed by atoms with E-state index in [1.807, 2.05) is 71.9 Å². The number of aliphatic hydroxyl groups is 1. The average Bonchev–Trinajstić information content (AvgIpc) is 3.07. The molecule has 0 unspecified atom stereocenters. The van der Waals surface area contributed by atoms with Crippen LogP contribution in [0.25, 0.3) is 0 Å². The molecule has 1 aromatic rings. The Morgan fingerprint density at radius 1 is 1.14 bits per heavy atom. The van der Waals surface area contributed by atoms with Crippen LogP contribution in [0, 0.1) is 17.8 Å². The van der Waals surface area contributed by atoms with Gasteiger partial charge in [0.2, 0.25) is 11.8 Å². The number of carbonyl (C=O) groups is 4. The molecule has 10 heteroatoms. The van der Waals surface area contributed by atoms with Gasteiger partial charge in [0.1, 0.15) is 24.7 Å². The van der Waals surface area contributed by atoms with Crippen molar-refractivity contribution >= 4 is 35.5 Å². The highest BCUT2D eigenvalue weighted by Crippen LogP contribution is 2.54. The number of nitrogens with one attached hydrogen (secondary N) is 1. The molecule has 2 fully saturated rings. The summed E-state index contributed by atoms with van der Waals surface area (Å²) < 4.78 is 4.86. The quantitative estimate of drug-likeness (QED) is 0.330. The average molecular weight is 534 g/mol. The zero-order valence-corrected chi connectivity index (χ0v) is 23.3. The van der Waals surface area contributed by atoms with Gasteiger partial charge in [-0.1, -0.05) is 58.0 Å². The standard InChI is InChI=1S/C27H39N3O6S/c1-16(2)12-28-19(31)14-29(13-17(3)4)24(34)21(32)20-23(33)30-22(27(5,6)37-25(20)30)26(35)36-15-18-10-8-7-9-11-18/h7-11,16-17,20-22,25,32H,12-15H2,1-6H3,(H,28,31)/t20-,21+,22+,25-/m1/s1. The smallest absolute Gasteiger partial charge is 0.330 e. The van der Waals surface area contributed by atoms with Gasteiger partial charge in [0.25, 0.3) is 5.91 Å². The molecule has 2 heterocycles. The lowest BCUT2D eigenvalue weighted by molar-refractivity contribution is -0.175. The Labute approximate surface area is 223 Å². The second-order valence-corrected chi connectivity index (χ2v) is 12.9. The minimum absolute atomic E-state index is 0.0613. The van der Waals surface area contributed by atoms with Crippen LogP contribution in [0.1, 0.15) is 47.1 Å². The molecule has 3 rings (SSSR count). The molecule has 0 spiro atoms. The highest BCUT2D eigenvalue weighted by Gasteiger charge is 2.66. The van der Waals surface area contributed by atoms with Gasteiger partial charge in [-0.3, -0.25) is 14.4 Å². The van der Waals surface area contributed by atoms with Crippen LogP contribution < -0.4 is 5.32 Å². The molecular weight excluding hydrogens is 494 g/mol. The summed E-state index contributed by atoms with van der Waals surface area (Å²) >= 11 is 1.38. The van der Waals surface area contributed by atoms with Crippen molar-refractivity contribution in [3.63, 3.8) is 0 Å². The molecule has 2 N–H and O–H groups in total. The molecule has 37 heavy (non-hydrogen) atoms. The largest absolute Gasteiger partial charge is 0.459 e. The van der Waals surface area contributed by atoms with Gasteiger partial charge in [0.15, 0.2) is 0 Å². The molecule has 4 atom stereocenters. The fourth-order valence-electron chi connectivity index (χ4n) is 4.68. The topological polar surface area (TPSA) is 116 Å². The molecule has 2 aliphatic rings. The van der Waals surface area contributed by atoms with Crippen LogP contribution in [-0.2, 0) is 30.5 Å². The Morgan fingerprint density at radius 3 is 2.38 bits per heavy atom. The third kappa shape index (κ3) is 6.65. The highest BCUT2D eigenvalue weighted by molar-refractivity contribution is 8.01. The van der Waals surface area contributed by atoms with Crippen LogP contribution in [0.2, 0.25) is 0 Å². The van der Waals surface area contributed by atoms with E-state index in [4.69, 9.17) is 4.74 Å². The molecule has 1 aromatic carbocycles. The molecule has 0 saturated carbocycles. The first-order chi connectivity index (χ1) is 17.3. The van der Waals surface area contributed by atoms with Crippen LogP contribution in [0.3, 0.4) is 0 Å². The molecule has 3 amide bonds. The first kappa shape index (κ1) is 29.0. The van der Waals surface area contributed by atoms with Crippen molar-refractivity contribution in [2.24, 2.45) is 17.8 Å². The lowest BCUT2D eigenvalue weighted by atomic mass is 9.87. The zero-order valence-electron chi connectivity index (χ0n) is 22.5. The minimum Gasteiger partial charge on any atom is -0.459 e. The Hall–Kier alpha value is -2.59. The number of nitrogens with zero attached hydrogens (tertiary/aromatic N) is 2. The van der Waals surface area contributed by atoms with E-state index in [1.165, 1.54) is 21.6 Å². The van der Waals surface area contributed by atoms with E-state index in [1.54, 1.807) is 0 Å². The minimum atomic E-state index is -1.60. The summed E-state index contributed by atoms with van der Waals surface area (Å²) in [6.45, 7) is 12.1. The van der Waals surface area contributed by atoms with Crippen molar-refractivity contribution in [2.45, 2.75) is 70.4 Å². The Balaban J connectivity index is 1.68. The Morgan fingerprint density at radius 2 is 1.78 bits per heavy atom. The summed E-state index contributed by atoms with van der Waals surface area (Å²) in [6, 6.07) is 8.46. The number of aliphatic hydroxyl groups excluding tert-OH is 1. The van der Waals surface area contributed by atoms with Crippen molar-refractivity contribution in [3.8, 4) is 0 Å². The summed E-state index contributed by atoms with van der Waals surface area (Å²) in [5.41, 5.74) is 0.840. The van der Waals surface area contributed by atoms with Crippen molar-refractivity contribution in [3.05, 3.63) is 35.9 Å². The van der Waals surface area contributed by atoms with Gasteiger partial charge in [0, 0.05) is 17.8 Å². The second-order valence-electron chi connectivity index (χ2n) is 11.1. The van der Waals surface area contributed by atoms with E-state index in [0.717, 1.165) is 5.56 Å². The molecule has 2 aliphatic heterocycles. The number of ether oxygens (including phenoxy) is 1. The number of hydrogen-bond acceptors (Lipinski definition) is 7. The number of rotatable bonds is 11. The number of fused-ring (bicyclic) bond motifs is 1. The van der Waals surface area contributed by atoms with Crippen LogP contribution in [0.15, 0.2) is 30.3 Å². The summed E-state index contributed by atoms with van der Waals surface area (Å²) in [5, 5.41) is 13.3. The summed E-state index contributed by atoms with van der Waals surface area (Å²) in [7, 11) is 0. The number of β-lactam (4-membered cyclic amide) rings is 1. The van der Waals surface area contributed by atoms with E-state index < -0.39 is 46.0 Å². The first-order valence-corrected chi connectivity index (χ1v) is 13.7. The van der Waals surface area contributed by atoms with E-state index >= 15 is 0 Å². The van der Waals surface area contributed by atoms with Gasteiger partial charge in [-0.25, -0.2) is 4.79 Å². The van der Waals surface area contributed by atoms with E-state index in [9.17, 15) is 24.3 Å². The number of benzene rings is 1. The monoisotopic (exact) mass is 533 g/mol. The van der Waals surface area contributed by atoms with E-state index in [0.29, 0.717) is 6.54 Å². The summed E-state index contributed by atoms with van der Waals surface area (Å²) in [5.74, 6) is -2.60. The molecule has 2 saturated heterocycles. The van der Waals surface area contributed by atoms with Gasteiger partial charge in [-0.15, -0.1) is 11.8 Å². The lowest BCUT2D eigenvalue weighted by Gasteiger charge is -2.46. The van der Waals surface area contributed by atoms with Gasteiger partial charge < -0.3 is 25.0 Å². The molecule has 0 radical (unpaired) electrons. The maximum absolute atomic E-state index is 13.3. The Bertz CT molecular complexity index is 999. The fourth-order valence-corrected chi connectivity index (χ4v) is 6.39. The second kappa shape index (κ2) is 11.9. The third-order valence-electron chi connectivity index (χ3n) is 6.46. The molecule has 9 nitrogen and oxygen atoms in total. The maximum atomic E-state index is 13.3. The Kier molecular flexibility index (Phi) is 9.28. The molecule has 204 valence electrons. The highest BCUT2D eigenvalue weighted by atomic mass is 32.2. The predicted octanol–water partition coefficient (Wildman–Crippen LogP) is 2.03. The number of thioether (sulfide) groups is 1. The summed E-state index contributed by atoms with van der Waals surface area (Å²) in [6.07, 6.45) is -1.60. The number of carbonyl (C=O) groups excluding carboxylic acids is 4. The first-order valence-electron chi connectivity index (χ1n) is 12.8. The molecule has 0 aromatic heterocycles. The van der Waals surface area contributed by atoms with Crippen LogP contribution in [0.5, 0.6) is 0 Å². The number of hydrogen-bond donors (Lipinski definition) is 2. The van der Waals surface area contributed by atoms with Gasteiger partial charge in [-0.2, -0.15) is 0 Å². The number of amides is 3. The van der Waals surface area contributed by atoms with E-state index in [-0.39, 0.29) is 37.4 Å². The molecule has 0 bridgehead atoms. The van der Waals surface area contributed by atoms with Crippen molar-refractivity contribution in [2.75, 3.05) is 19.6 Å². The van der Waals surface area contributed by atoms with Gasteiger partial charge in [-0.05, 0) is 31.2 Å². The third-order valence-corrected chi connectivity index (χ3v) is 8.05.